The number of hydrogen-bond donors (Lipinski definition) is 4. The molecule has 15 nitrogen and oxygen atoms in total. The molecule has 0 saturated carbocycles. The lowest BCUT2D eigenvalue weighted by molar-refractivity contribution is -0.208. The molecule has 15 heteroatoms. The Labute approximate surface area is 276 Å². The molecule has 0 unspecified atom stereocenters. The first-order valence-electron chi connectivity index (χ1n) is 13.9. The number of carbonyl (C=O) groups excluding carboxylic acids is 2. The molecule has 0 atom stereocenters. The van der Waals surface area contributed by atoms with Crippen LogP contribution in [0.3, 0.4) is 0 Å². The number of esters is 2. The lowest BCUT2D eigenvalue weighted by atomic mass is 10.2. The van der Waals surface area contributed by atoms with Crippen molar-refractivity contribution in [2.75, 3.05) is 0 Å². The Balaban J connectivity index is 1.67. The summed E-state index contributed by atoms with van der Waals surface area (Å²) in [5.74, 6) is -13.2. The lowest BCUT2D eigenvalue weighted by Crippen LogP contribution is -2.54. The predicted molar refractivity (Wildman–Crippen MR) is 164 cm³/mol. The quantitative estimate of drug-likeness (QED) is 0.0814. The number of benzene rings is 4. The fraction of sp³-hybridized carbons (Fsp3) is 0.118. The molecular formula is C34H26O15. The summed E-state index contributed by atoms with van der Waals surface area (Å²) in [7, 11) is 0. The van der Waals surface area contributed by atoms with Gasteiger partial charge in [0.05, 0.1) is 22.3 Å². The maximum Gasteiger partial charge on any atom is 0.400 e. The molecule has 4 aromatic rings. The third-order valence-electron chi connectivity index (χ3n) is 6.58. The van der Waals surface area contributed by atoms with Crippen LogP contribution in [0.4, 0.5) is 0 Å². The van der Waals surface area contributed by atoms with Crippen LogP contribution >= 0.6 is 0 Å². The number of carboxylic acids is 4. The van der Waals surface area contributed by atoms with Crippen molar-refractivity contribution in [2.45, 2.75) is 25.4 Å². The average molecular weight is 675 g/mol. The highest BCUT2D eigenvalue weighted by Gasteiger charge is 2.48. The van der Waals surface area contributed by atoms with Gasteiger partial charge in [-0.2, -0.15) is 0 Å². The van der Waals surface area contributed by atoms with E-state index in [0.717, 1.165) is 13.8 Å². The summed E-state index contributed by atoms with van der Waals surface area (Å²) in [6, 6.07) is 19.2. The summed E-state index contributed by atoms with van der Waals surface area (Å²) in [6.45, 7) is 2.15. The molecule has 0 aliphatic carbocycles. The van der Waals surface area contributed by atoms with Crippen molar-refractivity contribution in [2.24, 2.45) is 0 Å². The second kappa shape index (κ2) is 14.3. The van der Waals surface area contributed by atoms with Gasteiger partial charge in [-0.15, -0.1) is 0 Å². The Morgan fingerprint density at radius 3 is 0.735 bits per heavy atom. The van der Waals surface area contributed by atoms with Crippen molar-refractivity contribution in [3.05, 3.63) is 119 Å². The molecule has 0 aliphatic rings. The third kappa shape index (κ3) is 8.68. The van der Waals surface area contributed by atoms with E-state index in [1.54, 1.807) is 0 Å². The summed E-state index contributed by atoms with van der Waals surface area (Å²) < 4.78 is 28.2. The molecule has 49 heavy (non-hydrogen) atoms. The standard InChI is InChI=1S/C34H26O15/c1-33(46-23-11-3-19(4-12-23)27(35)36,47-24-13-5-20(6-14-24)28(37)38)31(43)45-32(44)34(2,48-25-15-7-21(8-16-25)29(39)40)49-26-17-9-22(10-18-26)30(41)42/h3-18H,1-2H3,(H,35,36)(H,37,38)(H,39,40)(H,41,42). The Morgan fingerprint density at radius 2 is 0.571 bits per heavy atom. The topological polar surface area (TPSA) is 229 Å². The van der Waals surface area contributed by atoms with Crippen LogP contribution in [0.1, 0.15) is 55.3 Å². The minimum atomic E-state index is -2.49. The molecule has 4 N–H and O–H groups in total. The molecule has 0 fully saturated rings. The van der Waals surface area contributed by atoms with E-state index in [-0.39, 0.29) is 45.3 Å². The fourth-order valence-corrected chi connectivity index (χ4v) is 4.04. The molecule has 0 aliphatic heterocycles. The van der Waals surface area contributed by atoms with E-state index in [1.807, 2.05) is 0 Å². The third-order valence-corrected chi connectivity index (χ3v) is 6.58. The second-order valence-corrected chi connectivity index (χ2v) is 10.3. The van der Waals surface area contributed by atoms with Gasteiger partial charge in [0, 0.05) is 13.8 Å². The zero-order valence-corrected chi connectivity index (χ0v) is 25.5. The van der Waals surface area contributed by atoms with Crippen LogP contribution in [0.15, 0.2) is 97.1 Å². The monoisotopic (exact) mass is 674 g/mol. The smallest absolute Gasteiger partial charge is 0.400 e. The van der Waals surface area contributed by atoms with E-state index in [4.69, 9.17) is 23.7 Å². The van der Waals surface area contributed by atoms with Crippen LogP contribution in [-0.4, -0.2) is 67.8 Å². The van der Waals surface area contributed by atoms with Crippen LogP contribution in [0.5, 0.6) is 23.0 Å². The lowest BCUT2D eigenvalue weighted by Gasteiger charge is -2.32. The minimum Gasteiger partial charge on any atom is -0.478 e. The molecule has 4 rings (SSSR count). The van der Waals surface area contributed by atoms with Crippen molar-refractivity contribution in [1.29, 1.82) is 0 Å². The van der Waals surface area contributed by atoms with E-state index in [2.05, 4.69) is 0 Å². The number of carboxylic acid groups (broad SMARTS) is 4. The van der Waals surface area contributed by atoms with Crippen molar-refractivity contribution in [1.82, 2.24) is 0 Å². The minimum absolute atomic E-state index is 0.0913. The Bertz CT molecular complexity index is 1620. The Hall–Kier alpha value is -6.90. The van der Waals surface area contributed by atoms with Gasteiger partial charge in [0.15, 0.2) is 0 Å². The van der Waals surface area contributed by atoms with Crippen LogP contribution in [-0.2, 0) is 14.3 Å². The number of carbonyl (C=O) groups is 6. The summed E-state index contributed by atoms with van der Waals surface area (Å²) in [6.07, 6.45) is 0. The number of ether oxygens (including phenoxy) is 5. The number of rotatable bonds is 14. The molecule has 0 bridgehead atoms. The van der Waals surface area contributed by atoms with Crippen LogP contribution in [0.2, 0.25) is 0 Å². The van der Waals surface area contributed by atoms with E-state index < -0.39 is 47.4 Å². The van der Waals surface area contributed by atoms with Gasteiger partial charge in [0.2, 0.25) is 0 Å². The highest BCUT2D eigenvalue weighted by Crippen LogP contribution is 2.29. The Kier molecular flexibility index (Phi) is 10.2. The summed E-state index contributed by atoms with van der Waals surface area (Å²) in [5, 5.41) is 36.9. The first kappa shape index (κ1) is 35.0. The first-order chi connectivity index (χ1) is 23.1. The molecule has 0 amide bonds. The van der Waals surface area contributed by atoms with Crippen LogP contribution < -0.4 is 18.9 Å². The number of hydrogen-bond acceptors (Lipinski definition) is 11. The molecule has 0 radical (unpaired) electrons. The van der Waals surface area contributed by atoms with E-state index in [9.17, 15) is 49.2 Å². The van der Waals surface area contributed by atoms with Gasteiger partial charge in [-0.1, -0.05) is 0 Å². The molecule has 252 valence electrons. The van der Waals surface area contributed by atoms with Crippen LogP contribution in [0, 0.1) is 0 Å². The average Bonchev–Trinajstić information content (AvgIpc) is 3.05. The highest BCUT2D eigenvalue weighted by molar-refractivity contribution is 5.93. The maximum atomic E-state index is 13.7. The fourth-order valence-electron chi connectivity index (χ4n) is 4.04. The SMILES string of the molecule is CC(Oc1ccc(C(=O)O)cc1)(Oc1ccc(C(=O)O)cc1)C(=O)OC(=O)C(C)(Oc1ccc(C(=O)O)cc1)Oc1ccc(C(=O)O)cc1. The molecule has 0 saturated heterocycles. The first-order valence-corrected chi connectivity index (χ1v) is 13.9. The van der Waals surface area contributed by atoms with Gasteiger partial charge in [0.1, 0.15) is 23.0 Å². The molecular weight excluding hydrogens is 648 g/mol. The molecule has 4 aromatic carbocycles. The zero-order valence-electron chi connectivity index (χ0n) is 25.5. The normalized spacial score (nSPS) is 11.1. The van der Waals surface area contributed by atoms with Crippen LogP contribution in [0.25, 0.3) is 0 Å². The van der Waals surface area contributed by atoms with E-state index in [0.29, 0.717) is 0 Å². The Morgan fingerprint density at radius 1 is 0.388 bits per heavy atom. The highest BCUT2D eigenvalue weighted by atomic mass is 16.8. The molecule has 0 aromatic heterocycles. The van der Waals surface area contributed by atoms with Gasteiger partial charge >= 0.3 is 47.4 Å². The van der Waals surface area contributed by atoms with Crippen molar-refractivity contribution in [3.8, 4) is 23.0 Å². The molecule has 0 heterocycles. The zero-order chi connectivity index (χ0) is 35.9. The van der Waals surface area contributed by atoms with E-state index >= 15 is 0 Å². The van der Waals surface area contributed by atoms with Crippen molar-refractivity contribution in [3.63, 3.8) is 0 Å². The summed E-state index contributed by atoms with van der Waals surface area (Å²) in [4.78, 5) is 72.6. The van der Waals surface area contributed by atoms with Gasteiger partial charge in [0.25, 0.3) is 0 Å². The summed E-state index contributed by atoms with van der Waals surface area (Å²) >= 11 is 0. The second-order valence-electron chi connectivity index (χ2n) is 10.3. The predicted octanol–water partition coefficient (Wildman–Crippen LogP) is 4.60. The van der Waals surface area contributed by atoms with E-state index in [1.165, 1.54) is 97.1 Å². The van der Waals surface area contributed by atoms with Gasteiger partial charge in [-0.3, -0.25) is 0 Å². The van der Waals surface area contributed by atoms with Crippen molar-refractivity contribution >= 4 is 35.8 Å². The van der Waals surface area contributed by atoms with Gasteiger partial charge in [-0.25, -0.2) is 28.8 Å². The maximum absolute atomic E-state index is 13.7. The van der Waals surface area contributed by atoms with Gasteiger partial charge in [-0.05, 0) is 97.1 Å². The van der Waals surface area contributed by atoms with Gasteiger partial charge < -0.3 is 44.1 Å². The number of aromatic carboxylic acids is 4. The van der Waals surface area contributed by atoms with Crippen molar-refractivity contribution < 1.29 is 72.9 Å². The largest absolute Gasteiger partial charge is 0.478 e. The molecule has 0 spiro atoms. The summed E-state index contributed by atoms with van der Waals surface area (Å²) in [5.41, 5.74) is -0.408.